The molecule has 21 heavy (non-hydrogen) atoms. The number of nitro benzene ring substituents is 1. The van der Waals surface area contributed by atoms with Crippen LogP contribution in [0.2, 0.25) is 0 Å². The molecule has 2 rings (SSSR count). The number of hydrogen-bond donors (Lipinski definition) is 0. The average molecular weight is 292 g/mol. The SMILES string of the molecule is CCOC(=O)C1CCN(c2cccc([N+](=O)[O-])c2C)CC1. The summed E-state index contributed by atoms with van der Waals surface area (Å²) in [6.45, 7) is 5.41. The summed E-state index contributed by atoms with van der Waals surface area (Å²) in [5.74, 6) is -0.187. The van der Waals surface area contributed by atoms with Crippen molar-refractivity contribution in [3.63, 3.8) is 0 Å². The third-order valence-corrected chi connectivity index (χ3v) is 3.93. The molecule has 1 aliphatic heterocycles. The summed E-state index contributed by atoms with van der Waals surface area (Å²) < 4.78 is 5.05. The molecule has 1 aromatic rings. The van der Waals surface area contributed by atoms with E-state index < -0.39 is 0 Å². The molecule has 0 aliphatic carbocycles. The summed E-state index contributed by atoms with van der Waals surface area (Å²) in [6, 6.07) is 5.12. The molecule has 1 aliphatic rings. The molecule has 1 heterocycles. The molecule has 114 valence electrons. The summed E-state index contributed by atoms with van der Waals surface area (Å²) in [5, 5.41) is 11.0. The van der Waals surface area contributed by atoms with E-state index in [0.717, 1.165) is 18.5 Å². The first-order valence-electron chi connectivity index (χ1n) is 7.20. The van der Waals surface area contributed by atoms with Crippen LogP contribution in [0.15, 0.2) is 18.2 Å². The van der Waals surface area contributed by atoms with Crippen LogP contribution in [-0.4, -0.2) is 30.6 Å². The van der Waals surface area contributed by atoms with Gasteiger partial charge in [0.1, 0.15) is 0 Å². The van der Waals surface area contributed by atoms with Crippen molar-refractivity contribution in [3.05, 3.63) is 33.9 Å². The van der Waals surface area contributed by atoms with E-state index in [1.165, 1.54) is 6.07 Å². The molecule has 0 atom stereocenters. The van der Waals surface area contributed by atoms with E-state index in [9.17, 15) is 14.9 Å². The Bertz CT molecular complexity index is 536. The molecule has 1 fully saturated rings. The Balaban J connectivity index is 2.07. The van der Waals surface area contributed by atoms with Gasteiger partial charge in [0, 0.05) is 24.8 Å². The van der Waals surface area contributed by atoms with Crippen LogP contribution in [0.3, 0.4) is 0 Å². The topological polar surface area (TPSA) is 72.7 Å². The molecule has 0 saturated carbocycles. The number of nitrogens with zero attached hydrogens (tertiary/aromatic N) is 2. The molecular weight excluding hydrogens is 272 g/mol. The zero-order valence-electron chi connectivity index (χ0n) is 12.4. The summed E-state index contributed by atoms with van der Waals surface area (Å²) in [4.78, 5) is 24.5. The van der Waals surface area contributed by atoms with Gasteiger partial charge in [-0.3, -0.25) is 14.9 Å². The third-order valence-electron chi connectivity index (χ3n) is 3.93. The lowest BCUT2D eigenvalue weighted by atomic mass is 9.96. The van der Waals surface area contributed by atoms with Gasteiger partial charge in [0.05, 0.1) is 23.0 Å². The van der Waals surface area contributed by atoms with Gasteiger partial charge in [0.15, 0.2) is 0 Å². The van der Waals surface area contributed by atoms with Crippen LogP contribution in [0, 0.1) is 23.0 Å². The highest BCUT2D eigenvalue weighted by atomic mass is 16.6. The fraction of sp³-hybridized carbons (Fsp3) is 0.533. The van der Waals surface area contributed by atoms with Crippen molar-refractivity contribution in [1.29, 1.82) is 0 Å². The second-order valence-electron chi connectivity index (χ2n) is 5.19. The van der Waals surface area contributed by atoms with Crippen molar-refractivity contribution >= 4 is 17.3 Å². The molecule has 1 aromatic carbocycles. The third kappa shape index (κ3) is 3.32. The van der Waals surface area contributed by atoms with Crippen molar-refractivity contribution in [2.45, 2.75) is 26.7 Å². The number of benzene rings is 1. The van der Waals surface area contributed by atoms with E-state index in [1.807, 2.05) is 6.07 Å². The van der Waals surface area contributed by atoms with Crippen LogP contribution in [0.5, 0.6) is 0 Å². The highest BCUT2D eigenvalue weighted by Crippen LogP contribution is 2.31. The maximum absolute atomic E-state index is 11.7. The number of ether oxygens (including phenoxy) is 1. The highest BCUT2D eigenvalue weighted by Gasteiger charge is 2.27. The second-order valence-corrected chi connectivity index (χ2v) is 5.19. The van der Waals surface area contributed by atoms with Gasteiger partial charge in [0.2, 0.25) is 0 Å². The van der Waals surface area contributed by atoms with Crippen LogP contribution < -0.4 is 4.90 Å². The fourth-order valence-electron chi connectivity index (χ4n) is 2.77. The lowest BCUT2D eigenvalue weighted by Gasteiger charge is -2.33. The van der Waals surface area contributed by atoms with Crippen LogP contribution in [0.1, 0.15) is 25.3 Å². The van der Waals surface area contributed by atoms with Crippen molar-refractivity contribution in [2.24, 2.45) is 5.92 Å². The Morgan fingerprint density at radius 2 is 2.10 bits per heavy atom. The zero-order chi connectivity index (χ0) is 15.4. The minimum Gasteiger partial charge on any atom is -0.466 e. The number of esters is 1. The Morgan fingerprint density at radius 3 is 2.67 bits per heavy atom. The van der Waals surface area contributed by atoms with Crippen LogP contribution in [0.4, 0.5) is 11.4 Å². The van der Waals surface area contributed by atoms with Gasteiger partial charge >= 0.3 is 5.97 Å². The minimum atomic E-state index is -0.357. The monoisotopic (exact) mass is 292 g/mol. The highest BCUT2D eigenvalue weighted by molar-refractivity contribution is 5.73. The molecule has 6 heteroatoms. The number of piperidine rings is 1. The molecule has 0 spiro atoms. The maximum Gasteiger partial charge on any atom is 0.309 e. The van der Waals surface area contributed by atoms with Gasteiger partial charge in [-0.2, -0.15) is 0 Å². The van der Waals surface area contributed by atoms with E-state index in [4.69, 9.17) is 4.74 Å². The van der Waals surface area contributed by atoms with E-state index in [2.05, 4.69) is 4.90 Å². The van der Waals surface area contributed by atoms with E-state index in [1.54, 1.807) is 19.9 Å². The molecule has 0 unspecified atom stereocenters. The predicted molar refractivity (Wildman–Crippen MR) is 79.4 cm³/mol. The summed E-state index contributed by atoms with van der Waals surface area (Å²) >= 11 is 0. The zero-order valence-corrected chi connectivity index (χ0v) is 12.4. The number of rotatable bonds is 4. The van der Waals surface area contributed by atoms with E-state index in [-0.39, 0.29) is 22.5 Å². The van der Waals surface area contributed by atoms with E-state index >= 15 is 0 Å². The molecule has 0 N–H and O–H groups in total. The predicted octanol–water partition coefficient (Wildman–Crippen LogP) is 2.68. The van der Waals surface area contributed by atoms with Crippen LogP contribution in [-0.2, 0) is 9.53 Å². The Kier molecular flexibility index (Phi) is 4.77. The van der Waals surface area contributed by atoms with Gasteiger partial charge < -0.3 is 9.64 Å². The van der Waals surface area contributed by atoms with Gasteiger partial charge in [-0.1, -0.05) is 6.07 Å². The van der Waals surface area contributed by atoms with Crippen molar-refractivity contribution < 1.29 is 14.5 Å². The number of carbonyl (C=O) groups is 1. The molecule has 0 radical (unpaired) electrons. The molecular formula is C15H20N2O4. The Hall–Kier alpha value is -2.11. The fourth-order valence-corrected chi connectivity index (χ4v) is 2.77. The number of anilines is 1. The van der Waals surface area contributed by atoms with Crippen molar-refractivity contribution in [1.82, 2.24) is 0 Å². The van der Waals surface area contributed by atoms with Crippen LogP contribution in [0.25, 0.3) is 0 Å². The normalized spacial score (nSPS) is 15.8. The Morgan fingerprint density at radius 1 is 1.43 bits per heavy atom. The van der Waals surface area contributed by atoms with Gasteiger partial charge in [-0.25, -0.2) is 0 Å². The van der Waals surface area contributed by atoms with Crippen LogP contribution >= 0.6 is 0 Å². The standard InChI is InChI=1S/C15H20N2O4/c1-3-21-15(18)12-7-9-16(10-8-12)13-5-4-6-14(11(13)2)17(19)20/h4-6,12H,3,7-10H2,1-2H3. The van der Waals surface area contributed by atoms with Crippen molar-refractivity contribution in [2.75, 3.05) is 24.6 Å². The summed E-state index contributed by atoms with van der Waals surface area (Å²) in [7, 11) is 0. The van der Waals surface area contributed by atoms with Crippen molar-refractivity contribution in [3.8, 4) is 0 Å². The lowest BCUT2D eigenvalue weighted by Crippen LogP contribution is -2.37. The maximum atomic E-state index is 11.7. The smallest absolute Gasteiger partial charge is 0.309 e. The summed E-state index contributed by atoms with van der Waals surface area (Å²) in [5.41, 5.74) is 1.70. The molecule has 1 saturated heterocycles. The summed E-state index contributed by atoms with van der Waals surface area (Å²) in [6.07, 6.45) is 1.45. The first-order chi connectivity index (χ1) is 10.0. The molecule has 0 aromatic heterocycles. The Labute approximate surface area is 123 Å². The van der Waals surface area contributed by atoms with E-state index in [0.29, 0.717) is 25.3 Å². The molecule has 0 bridgehead atoms. The second kappa shape index (κ2) is 6.56. The first kappa shape index (κ1) is 15.3. The molecule has 0 amide bonds. The quantitative estimate of drug-likeness (QED) is 0.484. The minimum absolute atomic E-state index is 0.0554. The van der Waals surface area contributed by atoms with Gasteiger partial charge in [-0.05, 0) is 32.8 Å². The van der Waals surface area contributed by atoms with Gasteiger partial charge in [0.25, 0.3) is 5.69 Å². The average Bonchev–Trinajstić information content (AvgIpc) is 2.47. The lowest BCUT2D eigenvalue weighted by molar-refractivity contribution is -0.385. The largest absolute Gasteiger partial charge is 0.466 e. The number of hydrogen-bond acceptors (Lipinski definition) is 5. The van der Waals surface area contributed by atoms with Gasteiger partial charge in [-0.15, -0.1) is 0 Å². The number of nitro groups is 1. The number of carbonyl (C=O) groups excluding carboxylic acids is 1. The first-order valence-corrected chi connectivity index (χ1v) is 7.20. The molecule has 6 nitrogen and oxygen atoms in total.